The fourth-order valence-corrected chi connectivity index (χ4v) is 5.98. The monoisotopic (exact) mass is 410 g/mol. The zero-order valence-electron chi connectivity index (χ0n) is 13.6. The fourth-order valence-electron chi connectivity index (χ4n) is 2.41. The average molecular weight is 410 g/mol. The molecule has 0 amide bonds. The van der Waals surface area contributed by atoms with Gasteiger partial charge in [0.25, 0.3) is 0 Å². The standard InChI is InChI=1S/C16H14N2O5S3/c1-21-12-5-3-2-4-10(12)18-26(19,20)9-24-16-17-11-6-13-14(23-8-22-13)7-15(11)25-16/h2-7,18H,8-9H2,1H3. The van der Waals surface area contributed by atoms with Crippen LogP contribution >= 0.6 is 23.1 Å². The number of nitrogens with one attached hydrogen (secondary N) is 1. The largest absolute Gasteiger partial charge is 0.495 e. The lowest BCUT2D eigenvalue weighted by molar-refractivity contribution is 0.174. The van der Waals surface area contributed by atoms with E-state index in [1.807, 2.05) is 6.07 Å². The van der Waals surface area contributed by atoms with Gasteiger partial charge in [0, 0.05) is 12.1 Å². The van der Waals surface area contributed by atoms with Gasteiger partial charge in [-0.3, -0.25) is 4.72 Å². The minimum Gasteiger partial charge on any atom is -0.495 e. The summed E-state index contributed by atoms with van der Waals surface area (Å²) in [6.45, 7) is 0.209. The Hall–Kier alpha value is -2.17. The summed E-state index contributed by atoms with van der Waals surface area (Å²) in [5.41, 5.74) is 1.17. The third-order valence-corrected chi connectivity index (χ3v) is 7.57. The molecular formula is C16H14N2O5S3. The molecule has 1 N–H and O–H groups in total. The van der Waals surface area contributed by atoms with Crippen LogP contribution in [0.1, 0.15) is 0 Å². The molecule has 2 aromatic carbocycles. The number of hydrogen-bond acceptors (Lipinski definition) is 8. The highest BCUT2D eigenvalue weighted by molar-refractivity contribution is 8.13. The van der Waals surface area contributed by atoms with E-state index >= 15 is 0 Å². The van der Waals surface area contributed by atoms with Crippen molar-refractivity contribution in [3.63, 3.8) is 0 Å². The van der Waals surface area contributed by atoms with Crippen LogP contribution in [0.2, 0.25) is 0 Å². The van der Waals surface area contributed by atoms with E-state index in [-0.39, 0.29) is 11.9 Å². The molecular weight excluding hydrogens is 396 g/mol. The topological polar surface area (TPSA) is 86.8 Å². The Labute approximate surface area is 158 Å². The predicted octanol–water partition coefficient (Wildman–Crippen LogP) is 3.53. The molecule has 0 saturated carbocycles. The van der Waals surface area contributed by atoms with E-state index in [1.54, 1.807) is 30.3 Å². The average Bonchev–Trinajstić information content (AvgIpc) is 3.23. The molecule has 1 aliphatic rings. The number of ether oxygens (including phenoxy) is 3. The maximum atomic E-state index is 12.4. The second-order valence-corrected chi connectivity index (χ2v) is 9.67. The van der Waals surface area contributed by atoms with Crippen LogP contribution in [0.3, 0.4) is 0 Å². The number of hydrogen-bond donors (Lipinski definition) is 1. The van der Waals surface area contributed by atoms with Gasteiger partial charge in [-0.2, -0.15) is 0 Å². The number of nitrogens with zero attached hydrogens (tertiary/aromatic N) is 1. The molecule has 7 nitrogen and oxygen atoms in total. The minimum atomic E-state index is -3.56. The molecule has 26 heavy (non-hydrogen) atoms. The lowest BCUT2D eigenvalue weighted by Crippen LogP contribution is -2.15. The van der Waals surface area contributed by atoms with Gasteiger partial charge in [-0.15, -0.1) is 11.3 Å². The first kappa shape index (κ1) is 17.3. The van der Waals surface area contributed by atoms with Gasteiger partial charge in [0.1, 0.15) is 10.8 Å². The third-order valence-electron chi connectivity index (χ3n) is 3.57. The Bertz CT molecular complexity index is 1020. The predicted molar refractivity (Wildman–Crippen MR) is 102 cm³/mol. The molecule has 2 heterocycles. The van der Waals surface area contributed by atoms with E-state index in [0.717, 1.165) is 22.0 Å². The lowest BCUT2D eigenvalue weighted by atomic mass is 10.3. The molecule has 1 aromatic heterocycles. The first-order valence-electron chi connectivity index (χ1n) is 7.50. The molecule has 0 saturated heterocycles. The highest BCUT2D eigenvalue weighted by Gasteiger charge is 2.19. The Kier molecular flexibility index (Phi) is 4.55. The zero-order valence-corrected chi connectivity index (χ0v) is 16.0. The maximum absolute atomic E-state index is 12.4. The first-order valence-corrected chi connectivity index (χ1v) is 11.0. The molecule has 0 fully saturated rings. The Morgan fingerprint density at radius 2 is 2.04 bits per heavy atom. The molecule has 136 valence electrons. The summed E-state index contributed by atoms with van der Waals surface area (Å²) in [5.74, 6) is 1.81. The number of para-hydroxylation sites is 2. The van der Waals surface area contributed by atoms with Crippen molar-refractivity contribution in [2.24, 2.45) is 0 Å². The van der Waals surface area contributed by atoms with E-state index in [2.05, 4.69) is 9.71 Å². The molecule has 0 atom stereocenters. The van der Waals surface area contributed by atoms with Crippen molar-refractivity contribution >= 4 is 49.0 Å². The summed E-state index contributed by atoms with van der Waals surface area (Å²) >= 11 is 2.57. The smallest absolute Gasteiger partial charge is 0.242 e. The van der Waals surface area contributed by atoms with Gasteiger partial charge in [0.05, 0.1) is 23.0 Å². The van der Waals surface area contributed by atoms with Crippen molar-refractivity contribution in [2.45, 2.75) is 4.34 Å². The van der Waals surface area contributed by atoms with Crippen LogP contribution in [0.15, 0.2) is 40.7 Å². The highest BCUT2D eigenvalue weighted by Crippen LogP contribution is 2.40. The fraction of sp³-hybridized carbons (Fsp3) is 0.188. The van der Waals surface area contributed by atoms with E-state index in [0.29, 0.717) is 27.3 Å². The molecule has 0 radical (unpaired) electrons. The van der Waals surface area contributed by atoms with E-state index in [1.165, 1.54) is 18.4 Å². The summed E-state index contributed by atoms with van der Waals surface area (Å²) in [5, 5.41) is -0.155. The van der Waals surface area contributed by atoms with Crippen molar-refractivity contribution in [3.05, 3.63) is 36.4 Å². The van der Waals surface area contributed by atoms with Crippen LogP contribution in [0.25, 0.3) is 10.2 Å². The summed E-state index contributed by atoms with van der Waals surface area (Å²) in [6, 6.07) is 10.5. The van der Waals surface area contributed by atoms with Crippen molar-refractivity contribution < 1.29 is 22.6 Å². The van der Waals surface area contributed by atoms with Gasteiger partial charge >= 0.3 is 0 Å². The molecule has 4 rings (SSSR count). The SMILES string of the molecule is COc1ccccc1NS(=O)(=O)CSc1nc2cc3c(cc2s1)OCO3. The van der Waals surface area contributed by atoms with Crippen molar-refractivity contribution in [1.82, 2.24) is 4.98 Å². The third kappa shape index (κ3) is 3.53. The number of benzene rings is 2. The van der Waals surface area contributed by atoms with Gasteiger partial charge in [0.15, 0.2) is 15.8 Å². The van der Waals surface area contributed by atoms with Gasteiger partial charge in [-0.1, -0.05) is 23.9 Å². The maximum Gasteiger partial charge on any atom is 0.242 e. The number of rotatable bonds is 6. The Morgan fingerprint density at radius 1 is 1.27 bits per heavy atom. The van der Waals surface area contributed by atoms with Crippen molar-refractivity contribution in [3.8, 4) is 17.2 Å². The number of thiazole rings is 1. The lowest BCUT2D eigenvalue weighted by Gasteiger charge is -2.10. The van der Waals surface area contributed by atoms with E-state index in [4.69, 9.17) is 14.2 Å². The summed E-state index contributed by atoms with van der Waals surface area (Å²) < 4.78 is 44.7. The van der Waals surface area contributed by atoms with Gasteiger partial charge < -0.3 is 14.2 Å². The van der Waals surface area contributed by atoms with Crippen LogP contribution in [0.4, 0.5) is 5.69 Å². The van der Waals surface area contributed by atoms with Gasteiger partial charge in [-0.25, -0.2) is 13.4 Å². The number of aromatic nitrogens is 1. The van der Waals surface area contributed by atoms with Crippen LogP contribution in [-0.2, 0) is 10.0 Å². The molecule has 1 aliphatic heterocycles. The summed E-state index contributed by atoms with van der Waals surface area (Å²) in [4.78, 5) is 4.46. The number of methoxy groups -OCH3 is 1. The second-order valence-electron chi connectivity index (χ2n) is 5.33. The highest BCUT2D eigenvalue weighted by atomic mass is 32.3. The minimum absolute atomic E-state index is 0.155. The van der Waals surface area contributed by atoms with Gasteiger partial charge in [0.2, 0.25) is 16.8 Å². The Morgan fingerprint density at radius 3 is 2.85 bits per heavy atom. The molecule has 0 spiro atoms. The number of sulfonamides is 1. The number of fused-ring (bicyclic) bond motifs is 2. The van der Waals surface area contributed by atoms with E-state index < -0.39 is 10.0 Å². The first-order chi connectivity index (χ1) is 12.5. The van der Waals surface area contributed by atoms with Crippen LogP contribution < -0.4 is 18.9 Å². The number of anilines is 1. The molecule has 0 unspecified atom stereocenters. The Balaban J connectivity index is 1.48. The summed E-state index contributed by atoms with van der Waals surface area (Å²) in [7, 11) is -2.07. The zero-order chi connectivity index (χ0) is 18.1. The van der Waals surface area contributed by atoms with Crippen molar-refractivity contribution in [2.75, 3.05) is 23.7 Å². The van der Waals surface area contributed by atoms with E-state index in [9.17, 15) is 8.42 Å². The summed E-state index contributed by atoms with van der Waals surface area (Å²) in [6.07, 6.45) is 0. The molecule has 0 bridgehead atoms. The quantitative estimate of drug-likeness (QED) is 0.622. The molecule has 0 aliphatic carbocycles. The second kappa shape index (κ2) is 6.86. The van der Waals surface area contributed by atoms with Crippen LogP contribution in [0.5, 0.6) is 17.2 Å². The molecule has 3 aromatic rings. The van der Waals surface area contributed by atoms with Crippen LogP contribution in [-0.4, -0.2) is 32.4 Å². The molecule has 10 heteroatoms. The number of thioether (sulfide) groups is 1. The van der Waals surface area contributed by atoms with Gasteiger partial charge in [-0.05, 0) is 12.1 Å². The van der Waals surface area contributed by atoms with Crippen molar-refractivity contribution in [1.29, 1.82) is 0 Å². The van der Waals surface area contributed by atoms with Crippen LogP contribution in [0, 0.1) is 0 Å². The normalized spacial score (nSPS) is 13.1.